The van der Waals surface area contributed by atoms with Crippen molar-refractivity contribution in [1.82, 2.24) is 14.4 Å². The Balaban J connectivity index is 2.55. The number of hydrogen-bond donors (Lipinski definition) is 2. The van der Waals surface area contributed by atoms with Crippen LogP contribution in [0.2, 0.25) is 0 Å². The lowest BCUT2D eigenvalue weighted by atomic mass is 10.3. The molecule has 0 aliphatic carbocycles. The molecule has 18 heavy (non-hydrogen) atoms. The normalized spacial score (nSPS) is 11.2. The summed E-state index contributed by atoms with van der Waals surface area (Å²) < 4.78 is 1.93. The number of hydrogen-bond acceptors (Lipinski definition) is 5. The van der Waals surface area contributed by atoms with Crippen molar-refractivity contribution in [2.24, 2.45) is 5.84 Å². The van der Waals surface area contributed by atoms with Crippen LogP contribution in [0.25, 0.3) is 5.65 Å². The fourth-order valence-corrected chi connectivity index (χ4v) is 2.03. The summed E-state index contributed by atoms with van der Waals surface area (Å²) in [6.07, 6.45) is 6.56. The number of aromatic nitrogens is 3. The number of nitrogen functional groups attached to an aromatic ring is 1. The molecule has 0 aliphatic heterocycles. The first kappa shape index (κ1) is 12.6. The number of nitrogens with zero attached hydrogens (tertiary/aromatic N) is 4. The number of anilines is 2. The first-order valence-corrected chi connectivity index (χ1v) is 6.24. The van der Waals surface area contributed by atoms with Crippen LogP contribution in [-0.4, -0.2) is 27.0 Å². The van der Waals surface area contributed by atoms with Gasteiger partial charge in [-0.25, -0.2) is 15.8 Å². The molecule has 0 spiro atoms. The van der Waals surface area contributed by atoms with Gasteiger partial charge >= 0.3 is 0 Å². The third kappa shape index (κ3) is 2.24. The number of nitrogens with one attached hydrogen (secondary N) is 1. The highest BCUT2D eigenvalue weighted by atomic mass is 15.3. The molecule has 0 amide bonds. The van der Waals surface area contributed by atoms with Gasteiger partial charge in [-0.2, -0.15) is 0 Å². The Kier molecular flexibility index (Phi) is 3.66. The number of rotatable bonds is 5. The molecular weight excluding hydrogens is 228 g/mol. The molecule has 0 unspecified atom stereocenters. The lowest BCUT2D eigenvalue weighted by molar-refractivity contribution is 0.662. The van der Waals surface area contributed by atoms with Gasteiger partial charge in [0.2, 0.25) is 0 Å². The van der Waals surface area contributed by atoms with E-state index < -0.39 is 0 Å². The Labute approximate surface area is 107 Å². The summed E-state index contributed by atoms with van der Waals surface area (Å²) in [6.45, 7) is 7.41. The van der Waals surface area contributed by atoms with Crippen LogP contribution in [0.4, 0.5) is 11.6 Å². The number of fused-ring (bicyclic) bond motifs is 1. The van der Waals surface area contributed by atoms with Gasteiger partial charge in [0.25, 0.3) is 0 Å². The van der Waals surface area contributed by atoms with E-state index in [1.54, 1.807) is 6.20 Å². The van der Waals surface area contributed by atoms with Crippen LogP contribution in [0.5, 0.6) is 0 Å². The fourth-order valence-electron chi connectivity index (χ4n) is 2.03. The molecule has 0 radical (unpaired) electrons. The smallest absolute Gasteiger partial charge is 0.180 e. The zero-order chi connectivity index (χ0) is 13.1. The van der Waals surface area contributed by atoms with E-state index in [1.165, 1.54) is 0 Å². The van der Waals surface area contributed by atoms with Gasteiger partial charge in [0.15, 0.2) is 17.3 Å². The monoisotopic (exact) mass is 248 g/mol. The quantitative estimate of drug-likeness (QED) is 0.621. The summed E-state index contributed by atoms with van der Waals surface area (Å²) in [5.41, 5.74) is 3.46. The summed E-state index contributed by atoms with van der Waals surface area (Å²) in [5.74, 6) is 6.97. The number of hydrazine groups is 1. The maximum atomic E-state index is 5.46. The van der Waals surface area contributed by atoms with Crippen molar-refractivity contribution in [1.29, 1.82) is 0 Å². The van der Waals surface area contributed by atoms with Crippen LogP contribution in [0.3, 0.4) is 0 Å². The minimum Gasteiger partial charge on any atom is -0.351 e. The molecule has 0 saturated heterocycles. The van der Waals surface area contributed by atoms with Gasteiger partial charge in [0, 0.05) is 25.0 Å². The average Bonchev–Trinajstić information content (AvgIpc) is 2.82. The Morgan fingerprint density at radius 3 is 2.89 bits per heavy atom. The molecule has 98 valence electrons. The van der Waals surface area contributed by atoms with E-state index in [-0.39, 0.29) is 0 Å². The second-order valence-corrected chi connectivity index (χ2v) is 4.54. The van der Waals surface area contributed by atoms with E-state index in [4.69, 9.17) is 5.84 Å². The summed E-state index contributed by atoms with van der Waals surface area (Å²) in [6, 6.07) is 0.367. The average molecular weight is 248 g/mol. The van der Waals surface area contributed by atoms with Crippen molar-refractivity contribution in [3.8, 4) is 0 Å². The largest absolute Gasteiger partial charge is 0.351 e. The Morgan fingerprint density at radius 2 is 2.28 bits per heavy atom. The van der Waals surface area contributed by atoms with Crippen LogP contribution in [0.1, 0.15) is 27.2 Å². The van der Waals surface area contributed by atoms with Gasteiger partial charge in [0.1, 0.15) is 0 Å². The van der Waals surface area contributed by atoms with Crippen molar-refractivity contribution in [2.75, 3.05) is 16.9 Å². The lowest BCUT2D eigenvalue weighted by Gasteiger charge is -2.27. The van der Waals surface area contributed by atoms with Crippen molar-refractivity contribution >= 4 is 17.3 Å². The minimum absolute atomic E-state index is 0.367. The van der Waals surface area contributed by atoms with Crippen LogP contribution >= 0.6 is 0 Å². The van der Waals surface area contributed by atoms with E-state index >= 15 is 0 Å². The fraction of sp³-hybridized carbons (Fsp3) is 0.500. The SMILES string of the molecule is CCCN(c1nc(NN)cn2ccnc12)C(C)C. The highest BCUT2D eigenvalue weighted by molar-refractivity contribution is 5.67. The molecule has 0 atom stereocenters. The third-order valence-corrected chi connectivity index (χ3v) is 2.86. The zero-order valence-corrected chi connectivity index (χ0v) is 11.1. The molecule has 6 nitrogen and oxygen atoms in total. The van der Waals surface area contributed by atoms with Gasteiger partial charge in [-0.1, -0.05) is 6.92 Å². The van der Waals surface area contributed by atoms with Crippen LogP contribution in [-0.2, 0) is 0 Å². The van der Waals surface area contributed by atoms with E-state index in [2.05, 4.69) is 41.1 Å². The summed E-state index contributed by atoms with van der Waals surface area (Å²) in [5, 5.41) is 0. The Hall–Kier alpha value is -1.82. The topological polar surface area (TPSA) is 71.5 Å². The molecule has 2 aromatic heterocycles. The summed E-state index contributed by atoms with van der Waals surface area (Å²) >= 11 is 0. The second-order valence-electron chi connectivity index (χ2n) is 4.54. The molecule has 2 aromatic rings. The van der Waals surface area contributed by atoms with Crippen LogP contribution in [0, 0.1) is 0 Å². The maximum Gasteiger partial charge on any atom is 0.180 e. The molecule has 2 rings (SSSR count). The predicted molar refractivity (Wildman–Crippen MR) is 73.6 cm³/mol. The van der Waals surface area contributed by atoms with Crippen molar-refractivity contribution < 1.29 is 0 Å². The highest BCUT2D eigenvalue weighted by Gasteiger charge is 2.16. The molecule has 0 aromatic carbocycles. The molecule has 0 fully saturated rings. The molecule has 0 bridgehead atoms. The van der Waals surface area contributed by atoms with E-state index in [1.807, 2.05) is 16.8 Å². The molecular formula is C12H20N6. The Morgan fingerprint density at radius 1 is 1.50 bits per heavy atom. The van der Waals surface area contributed by atoms with Crippen molar-refractivity contribution in [3.05, 3.63) is 18.6 Å². The second kappa shape index (κ2) is 5.22. The summed E-state index contributed by atoms with van der Waals surface area (Å²) in [4.78, 5) is 11.1. The third-order valence-electron chi connectivity index (χ3n) is 2.86. The minimum atomic E-state index is 0.367. The van der Waals surface area contributed by atoms with Gasteiger partial charge < -0.3 is 14.7 Å². The van der Waals surface area contributed by atoms with Gasteiger partial charge in [0.05, 0.1) is 6.20 Å². The van der Waals surface area contributed by atoms with Gasteiger partial charge in [-0.15, -0.1) is 0 Å². The first-order chi connectivity index (χ1) is 8.67. The maximum absolute atomic E-state index is 5.46. The van der Waals surface area contributed by atoms with Crippen LogP contribution < -0.4 is 16.2 Å². The summed E-state index contributed by atoms with van der Waals surface area (Å²) in [7, 11) is 0. The molecule has 0 saturated carbocycles. The van der Waals surface area contributed by atoms with Gasteiger partial charge in [-0.3, -0.25) is 0 Å². The number of imidazole rings is 1. The van der Waals surface area contributed by atoms with Crippen molar-refractivity contribution in [2.45, 2.75) is 33.2 Å². The van der Waals surface area contributed by atoms with Crippen molar-refractivity contribution in [3.63, 3.8) is 0 Å². The van der Waals surface area contributed by atoms with E-state index in [0.29, 0.717) is 11.9 Å². The first-order valence-electron chi connectivity index (χ1n) is 6.24. The molecule has 0 aliphatic rings. The van der Waals surface area contributed by atoms with E-state index in [0.717, 1.165) is 24.4 Å². The highest BCUT2D eigenvalue weighted by Crippen LogP contribution is 2.22. The molecule has 6 heteroatoms. The zero-order valence-electron chi connectivity index (χ0n) is 11.1. The molecule has 2 heterocycles. The van der Waals surface area contributed by atoms with E-state index in [9.17, 15) is 0 Å². The number of nitrogens with two attached hydrogens (primary N) is 1. The molecule has 3 N–H and O–H groups in total. The Bertz CT molecular complexity index is 518. The predicted octanol–water partition coefficient (Wildman–Crippen LogP) is 1.64. The lowest BCUT2D eigenvalue weighted by Crippen LogP contribution is -2.33. The standard InChI is InChI=1S/C12H20N6/c1-4-6-18(9(2)3)12-11-14-5-7-17(11)8-10(15-12)16-13/h5,7-9,16H,4,6,13H2,1-3H3. The van der Waals surface area contributed by atoms with Crippen LogP contribution in [0.15, 0.2) is 18.6 Å². The van der Waals surface area contributed by atoms with Gasteiger partial charge in [-0.05, 0) is 20.3 Å².